The normalized spacial score (nSPS) is 18.8. The zero-order valence-corrected chi connectivity index (χ0v) is 10.5. The zero-order chi connectivity index (χ0) is 14.2. The molecule has 1 atom stereocenters. The van der Waals surface area contributed by atoms with E-state index in [-0.39, 0.29) is 29.6 Å². The van der Waals surface area contributed by atoms with Gasteiger partial charge >= 0.3 is 0 Å². The minimum absolute atomic E-state index is 0.0143. The Labute approximate surface area is 109 Å². The van der Waals surface area contributed by atoms with Crippen LogP contribution in [0.25, 0.3) is 0 Å². The van der Waals surface area contributed by atoms with Gasteiger partial charge in [-0.25, -0.2) is 0 Å². The average molecular weight is 263 g/mol. The smallest absolute Gasteiger partial charge is 0.292 e. The Morgan fingerprint density at radius 3 is 2.63 bits per heavy atom. The van der Waals surface area contributed by atoms with E-state index in [1.807, 2.05) is 0 Å². The van der Waals surface area contributed by atoms with Gasteiger partial charge in [-0.3, -0.25) is 24.6 Å². The quantitative estimate of drug-likeness (QED) is 0.500. The molecular weight excluding hydrogens is 250 g/mol. The van der Waals surface area contributed by atoms with Crippen molar-refractivity contribution >= 4 is 23.2 Å². The predicted molar refractivity (Wildman–Crippen MR) is 67.6 cm³/mol. The molecule has 100 valence electrons. The van der Waals surface area contributed by atoms with Crippen LogP contribution in [-0.2, 0) is 9.59 Å². The van der Waals surface area contributed by atoms with Crippen LogP contribution in [0.15, 0.2) is 18.2 Å². The summed E-state index contributed by atoms with van der Waals surface area (Å²) in [6.07, 6.45) is 0.0143. The second-order valence-corrected chi connectivity index (χ2v) is 4.47. The highest BCUT2D eigenvalue weighted by Gasteiger charge is 2.36. The fourth-order valence-electron chi connectivity index (χ4n) is 1.97. The van der Waals surface area contributed by atoms with Crippen molar-refractivity contribution in [1.29, 1.82) is 0 Å². The first-order valence-electron chi connectivity index (χ1n) is 5.72. The van der Waals surface area contributed by atoms with Crippen molar-refractivity contribution in [2.24, 2.45) is 0 Å². The lowest BCUT2D eigenvalue weighted by molar-refractivity contribution is -0.384. The van der Waals surface area contributed by atoms with E-state index < -0.39 is 11.0 Å². The van der Waals surface area contributed by atoms with E-state index in [1.165, 1.54) is 13.1 Å². The summed E-state index contributed by atoms with van der Waals surface area (Å²) >= 11 is 0. The molecule has 7 heteroatoms. The summed E-state index contributed by atoms with van der Waals surface area (Å²) < 4.78 is 0. The molecule has 0 spiro atoms. The Bertz CT molecular complexity index is 570. The van der Waals surface area contributed by atoms with Crippen LogP contribution in [-0.4, -0.2) is 34.7 Å². The number of nitrogens with zero attached hydrogens (tertiary/aromatic N) is 2. The Kier molecular flexibility index (Phi) is 3.20. The number of likely N-dealkylation sites (N-methyl/N-ethyl adjacent to an activating group) is 1. The summed E-state index contributed by atoms with van der Waals surface area (Å²) in [6.45, 7) is 1.74. The molecule has 0 saturated carbocycles. The minimum Gasteiger partial charge on any atom is -0.368 e. The van der Waals surface area contributed by atoms with E-state index in [4.69, 9.17) is 0 Å². The van der Waals surface area contributed by atoms with Gasteiger partial charge in [-0.1, -0.05) is 6.07 Å². The average Bonchev–Trinajstić information content (AvgIpc) is 2.59. The Balaban J connectivity index is 2.27. The monoisotopic (exact) mass is 263 g/mol. The van der Waals surface area contributed by atoms with Gasteiger partial charge < -0.3 is 5.32 Å². The van der Waals surface area contributed by atoms with Gasteiger partial charge in [0.25, 0.3) is 11.6 Å². The molecule has 0 aromatic heterocycles. The van der Waals surface area contributed by atoms with E-state index in [0.717, 1.165) is 10.5 Å². The van der Waals surface area contributed by atoms with Gasteiger partial charge in [-0.2, -0.15) is 0 Å². The SMILES string of the molecule is Cc1ccc(NC2CC(=O)N(C)C2=O)c([N+](=O)[O-])c1. The third-order valence-corrected chi connectivity index (χ3v) is 3.06. The largest absolute Gasteiger partial charge is 0.368 e. The van der Waals surface area contributed by atoms with Crippen molar-refractivity contribution in [1.82, 2.24) is 4.90 Å². The number of imide groups is 1. The third-order valence-electron chi connectivity index (χ3n) is 3.06. The molecule has 1 aliphatic heterocycles. The summed E-state index contributed by atoms with van der Waals surface area (Å²) in [5.41, 5.74) is 0.898. The van der Waals surface area contributed by atoms with Crippen molar-refractivity contribution in [3.05, 3.63) is 33.9 Å². The lowest BCUT2D eigenvalue weighted by Gasteiger charge is -2.12. The number of benzene rings is 1. The number of likely N-dealkylation sites (tertiary alicyclic amines) is 1. The molecule has 19 heavy (non-hydrogen) atoms. The van der Waals surface area contributed by atoms with Crippen LogP contribution in [0.4, 0.5) is 11.4 Å². The summed E-state index contributed by atoms with van der Waals surface area (Å²) in [4.78, 5) is 34.6. The van der Waals surface area contributed by atoms with Crippen molar-refractivity contribution in [2.45, 2.75) is 19.4 Å². The van der Waals surface area contributed by atoms with Gasteiger partial charge in [0.2, 0.25) is 5.91 Å². The van der Waals surface area contributed by atoms with Crippen LogP contribution in [0.5, 0.6) is 0 Å². The van der Waals surface area contributed by atoms with Gasteiger partial charge in [0.15, 0.2) is 0 Å². The third kappa shape index (κ3) is 2.40. The number of carbonyl (C=O) groups excluding carboxylic acids is 2. The van der Waals surface area contributed by atoms with Crippen molar-refractivity contribution in [3.63, 3.8) is 0 Å². The predicted octanol–water partition coefficient (Wildman–Crippen LogP) is 1.07. The number of nitro benzene ring substituents is 1. The first-order valence-corrected chi connectivity index (χ1v) is 5.72. The molecule has 1 N–H and O–H groups in total. The number of anilines is 1. The maximum atomic E-state index is 11.7. The molecule has 0 bridgehead atoms. The number of rotatable bonds is 3. The lowest BCUT2D eigenvalue weighted by Crippen LogP contribution is -2.31. The van der Waals surface area contributed by atoms with Crippen molar-refractivity contribution < 1.29 is 14.5 Å². The number of hydrogen-bond donors (Lipinski definition) is 1. The zero-order valence-electron chi connectivity index (χ0n) is 10.5. The van der Waals surface area contributed by atoms with E-state index in [1.54, 1.807) is 19.1 Å². The minimum atomic E-state index is -0.737. The number of aryl methyl sites for hydroxylation is 1. The van der Waals surface area contributed by atoms with Gasteiger partial charge in [0.05, 0.1) is 11.3 Å². The van der Waals surface area contributed by atoms with Crippen LogP contribution >= 0.6 is 0 Å². The molecule has 1 saturated heterocycles. The van der Waals surface area contributed by atoms with Crippen molar-refractivity contribution in [3.8, 4) is 0 Å². The molecule has 1 heterocycles. The molecule has 1 unspecified atom stereocenters. The second-order valence-electron chi connectivity index (χ2n) is 4.47. The standard InChI is InChI=1S/C12H13N3O4/c1-7-3-4-8(10(5-7)15(18)19)13-9-6-11(16)14(2)12(9)17/h3-5,9,13H,6H2,1-2H3. The first-order chi connectivity index (χ1) is 8.90. The number of carbonyl (C=O) groups is 2. The first kappa shape index (κ1) is 13.0. The highest BCUT2D eigenvalue weighted by atomic mass is 16.6. The summed E-state index contributed by atoms with van der Waals surface area (Å²) in [5.74, 6) is -0.669. The van der Waals surface area contributed by atoms with Gasteiger partial charge in [0, 0.05) is 13.1 Å². The molecule has 1 fully saturated rings. The van der Waals surface area contributed by atoms with Crippen LogP contribution in [0, 0.1) is 17.0 Å². The van der Waals surface area contributed by atoms with Gasteiger partial charge in [0.1, 0.15) is 11.7 Å². The fraction of sp³-hybridized carbons (Fsp3) is 0.333. The fourth-order valence-corrected chi connectivity index (χ4v) is 1.97. The van der Waals surface area contributed by atoms with E-state index in [9.17, 15) is 19.7 Å². The lowest BCUT2D eigenvalue weighted by atomic mass is 10.1. The summed E-state index contributed by atoms with van der Waals surface area (Å²) in [5, 5.41) is 13.7. The Morgan fingerprint density at radius 1 is 1.42 bits per heavy atom. The molecule has 0 aliphatic carbocycles. The molecular formula is C12H13N3O4. The highest BCUT2D eigenvalue weighted by Crippen LogP contribution is 2.27. The molecule has 1 aromatic carbocycles. The molecule has 2 rings (SSSR count). The van der Waals surface area contributed by atoms with E-state index >= 15 is 0 Å². The Hall–Kier alpha value is -2.44. The summed E-state index contributed by atoms with van der Waals surface area (Å²) in [6, 6.07) is 3.94. The maximum absolute atomic E-state index is 11.7. The van der Waals surface area contributed by atoms with E-state index in [2.05, 4.69) is 5.32 Å². The molecule has 1 aromatic rings. The topological polar surface area (TPSA) is 92.6 Å². The van der Waals surface area contributed by atoms with E-state index in [0.29, 0.717) is 0 Å². The van der Waals surface area contributed by atoms with Crippen LogP contribution < -0.4 is 5.32 Å². The number of nitrogens with one attached hydrogen (secondary N) is 1. The van der Waals surface area contributed by atoms with Crippen molar-refractivity contribution in [2.75, 3.05) is 12.4 Å². The highest BCUT2D eigenvalue weighted by molar-refractivity contribution is 6.06. The summed E-state index contributed by atoms with van der Waals surface area (Å²) in [7, 11) is 1.40. The van der Waals surface area contributed by atoms with Gasteiger partial charge in [-0.05, 0) is 18.6 Å². The van der Waals surface area contributed by atoms with Crippen LogP contribution in [0.2, 0.25) is 0 Å². The second kappa shape index (κ2) is 4.68. The number of amides is 2. The molecule has 0 radical (unpaired) electrons. The van der Waals surface area contributed by atoms with Crippen LogP contribution in [0.1, 0.15) is 12.0 Å². The molecule has 1 aliphatic rings. The molecule has 7 nitrogen and oxygen atoms in total. The molecule has 2 amide bonds. The Morgan fingerprint density at radius 2 is 2.11 bits per heavy atom. The maximum Gasteiger partial charge on any atom is 0.292 e. The number of hydrogen-bond acceptors (Lipinski definition) is 5. The van der Waals surface area contributed by atoms with Gasteiger partial charge in [-0.15, -0.1) is 0 Å². The number of nitro groups is 1. The van der Waals surface area contributed by atoms with Crippen LogP contribution in [0.3, 0.4) is 0 Å².